The van der Waals surface area contributed by atoms with Gasteiger partial charge in [-0.15, -0.1) is 5.10 Å². The second-order valence-corrected chi connectivity index (χ2v) is 6.45. The summed E-state index contributed by atoms with van der Waals surface area (Å²) in [5, 5.41) is 14.4. The molecule has 0 aliphatic rings. The van der Waals surface area contributed by atoms with E-state index in [1.807, 2.05) is 25.1 Å². The largest absolute Gasteiger partial charge is 0.349 e. The van der Waals surface area contributed by atoms with Crippen molar-refractivity contribution in [2.24, 2.45) is 0 Å². The van der Waals surface area contributed by atoms with E-state index in [4.69, 9.17) is 0 Å². The van der Waals surface area contributed by atoms with Gasteiger partial charge >= 0.3 is 0 Å². The van der Waals surface area contributed by atoms with Crippen molar-refractivity contribution in [1.82, 2.24) is 15.2 Å². The molecule has 122 valence electrons. The fourth-order valence-electron chi connectivity index (χ4n) is 2.14. The minimum atomic E-state index is 0.492. The Bertz CT molecular complexity index is 833. The fraction of sp³-hybridized carbons (Fsp3) is 0.167. The molecule has 0 saturated carbocycles. The van der Waals surface area contributed by atoms with E-state index in [9.17, 15) is 0 Å². The van der Waals surface area contributed by atoms with Crippen LogP contribution in [-0.2, 0) is 6.54 Å². The van der Waals surface area contributed by atoms with Gasteiger partial charge in [-0.25, -0.2) is 0 Å². The van der Waals surface area contributed by atoms with Crippen molar-refractivity contribution in [3.63, 3.8) is 0 Å². The molecule has 1 aromatic heterocycles. The Morgan fingerprint density at radius 3 is 2.58 bits per heavy atom. The molecule has 0 fully saturated rings. The molecule has 0 radical (unpaired) electrons. The highest BCUT2D eigenvalue weighted by atomic mass is 79.9. The summed E-state index contributed by atoms with van der Waals surface area (Å²) in [6.45, 7) is 4.78. The van der Waals surface area contributed by atoms with E-state index in [1.54, 1.807) is 6.20 Å². The molecule has 0 saturated heterocycles. The first-order chi connectivity index (χ1) is 11.6. The molecule has 3 rings (SSSR count). The van der Waals surface area contributed by atoms with Crippen molar-refractivity contribution < 1.29 is 0 Å². The van der Waals surface area contributed by atoms with Crippen molar-refractivity contribution >= 4 is 33.4 Å². The number of nitrogens with one attached hydrogen (secondary N) is 2. The smallest absolute Gasteiger partial charge is 0.244 e. The number of halogens is 1. The van der Waals surface area contributed by atoms with Crippen LogP contribution < -0.4 is 10.6 Å². The first-order valence-corrected chi connectivity index (χ1v) is 8.42. The average Bonchev–Trinajstić information content (AvgIpc) is 2.58. The highest BCUT2D eigenvalue weighted by Crippen LogP contribution is 2.22. The maximum Gasteiger partial charge on any atom is 0.244 e. The van der Waals surface area contributed by atoms with Crippen LogP contribution in [0.3, 0.4) is 0 Å². The monoisotopic (exact) mass is 383 g/mol. The molecular weight excluding hydrogens is 366 g/mol. The van der Waals surface area contributed by atoms with Crippen molar-refractivity contribution in [2.75, 3.05) is 10.6 Å². The maximum atomic E-state index is 4.44. The number of benzene rings is 2. The summed E-state index contributed by atoms with van der Waals surface area (Å²) in [5.41, 5.74) is 4.54. The third-order valence-corrected chi connectivity index (χ3v) is 4.43. The lowest BCUT2D eigenvalue weighted by atomic mass is 10.1. The summed E-state index contributed by atoms with van der Waals surface area (Å²) in [6, 6.07) is 14.4. The van der Waals surface area contributed by atoms with Crippen LogP contribution in [0.4, 0.5) is 17.5 Å². The average molecular weight is 384 g/mol. The molecule has 6 heteroatoms. The molecule has 24 heavy (non-hydrogen) atoms. The molecule has 1 heterocycles. The summed E-state index contributed by atoms with van der Waals surface area (Å²) < 4.78 is 1.05. The molecule has 2 N–H and O–H groups in total. The van der Waals surface area contributed by atoms with E-state index >= 15 is 0 Å². The molecule has 3 aromatic rings. The Morgan fingerprint density at radius 2 is 1.83 bits per heavy atom. The summed E-state index contributed by atoms with van der Waals surface area (Å²) in [4.78, 5) is 4.44. The van der Waals surface area contributed by atoms with Crippen LogP contribution in [0, 0.1) is 13.8 Å². The van der Waals surface area contributed by atoms with E-state index in [2.05, 4.69) is 72.9 Å². The van der Waals surface area contributed by atoms with Gasteiger partial charge in [-0.05, 0) is 37.1 Å². The van der Waals surface area contributed by atoms with Crippen LogP contribution in [0.5, 0.6) is 0 Å². The first-order valence-electron chi connectivity index (χ1n) is 7.62. The fourth-order valence-corrected chi connectivity index (χ4v) is 2.52. The number of rotatable bonds is 5. The molecule has 2 aromatic carbocycles. The van der Waals surface area contributed by atoms with Crippen LogP contribution in [0.25, 0.3) is 0 Å². The SMILES string of the molecule is Cc1ccc(CNc2nncc(Nc3ccc(C)c(Br)c3)n2)cc1. The van der Waals surface area contributed by atoms with Crippen LogP contribution in [0.15, 0.2) is 53.1 Å². The molecule has 0 atom stereocenters. The highest BCUT2D eigenvalue weighted by molar-refractivity contribution is 9.10. The molecule has 0 aliphatic carbocycles. The second kappa shape index (κ2) is 7.40. The normalized spacial score (nSPS) is 10.5. The Kier molecular flexibility index (Phi) is 5.05. The van der Waals surface area contributed by atoms with Gasteiger partial charge in [-0.2, -0.15) is 10.1 Å². The Labute approximate surface area is 149 Å². The highest BCUT2D eigenvalue weighted by Gasteiger charge is 2.03. The van der Waals surface area contributed by atoms with Crippen LogP contribution in [0.2, 0.25) is 0 Å². The van der Waals surface area contributed by atoms with Crippen molar-refractivity contribution in [3.8, 4) is 0 Å². The first kappa shape index (κ1) is 16.4. The zero-order valence-electron chi connectivity index (χ0n) is 13.5. The number of aryl methyl sites for hydroxylation is 2. The van der Waals surface area contributed by atoms with Gasteiger partial charge in [0.25, 0.3) is 0 Å². The van der Waals surface area contributed by atoms with Gasteiger partial charge in [0, 0.05) is 16.7 Å². The topological polar surface area (TPSA) is 62.7 Å². The predicted molar refractivity (Wildman–Crippen MR) is 100 cm³/mol. The van der Waals surface area contributed by atoms with Gasteiger partial charge < -0.3 is 10.6 Å². The Morgan fingerprint density at radius 1 is 1.04 bits per heavy atom. The van der Waals surface area contributed by atoms with Gasteiger partial charge in [0.15, 0.2) is 5.82 Å². The molecule has 5 nitrogen and oxygen atoms in total. The Hall–Kier alpha value is -2.47. The van der Waals surface area contributed by atoms with E-state index in [-0.39, 0.29) is 0 Å². The maximum absolute atomic E-state index is 4.44. The van der Waals surface area contributed by atoms with Gasteiger partial charge in [0.2, 0.25) is 5.95 Å². The number of nitrogens with zero attached hydrogens (tertiary/aromatic N) is 3. The molecular formula is C18H18BrN5. The van der Waals surface area contributed by atoms with Crippen molar-refractivity contribution in [3.05, 3.63) is 69.8 Å². The molecule has 0 unspecified atom stereocenters. The standard InChI is InChI=1S/C18H18BrN5/c1-12-3-6-14(7-4-12)10-20-18-23-17(11-21-24-18)22-15-8-5-13(2)16(19)9-15/h3-9,11H,10H2,1-2H3,(H2,20,22,23,24). The van der Waals surface area contributed by atoms with E-state index in [1.165, 1.54) is 16.7 Å². The third kappa shape index (κ3) is 4.29. The van der Waals surface area contributed by atoms with Crippen molar-refractivity contribution in [1.29, 1.82) is 0 Å². The summed E-state index contributed by atoms with van der Waals surface area (Å²) in [6.07, 6.45) is 1.60. The van der Waals surface area contributed by atoms with Gasteiger partial charge in [-0.3, -0.25) is 0 Å². The number of hydrogen-bond acceptors (Lipinski definition) is 5. The summed E-state index contributed by atoms with van der Waals surface area (Å²) in [7, 11) is 0. The third-order valence-electron chi connectivity index (χ3n) is 3.57. The minimum Gasteiger partial charge on any atom is -0.349 e. The number of anilines is 3. The van der Waals surface area contributed by atoms with Gasteiger partial charge in [-0.1, -0.05) is 51.8 Å². The van der Waals surface area contributed by atoms with Gasteiger partial charge in [0.1, 0.15) is 0 Å². The van der Waals surface area contributed by atoms with E-state index in [0.29, 0.717) is 18.3 Å². The predicted octanol–water partition coefficient (Wildman–Crippen LogP) is 4.61. The van der Waals surface area contributed by atoms with E-state index < -0.39 is 0 Å². The molecule has 0 spiro atoms. The quantitative estimate of drug-likeness (QED) is 0.673. The van der Waals surface area contributed by atoms with Crippen LogP contribution >= 0.6 is 15.9 Å². The second-order valence-electron chi connectivity index (χ2n) is 5.59. The lowest BCUT2D eigenvalue weighted by molar-refractivity contribution is 0.948. The lowest BCUT2D eigenvalue weighted by Gasteiger charge is -2.09. The summed E-state index contributed by atoms with van der Waals surface area (Å²) in [5.74, 6) is 1.14. The van der Waals surface area contributed by atoms with Gasteiger partial charge in [0.05, 0.1) is 6.20 Å². The zero-order chi connectivity index (χ0) is 16.9. The van der Waals surface area contributed by atoms with E-state index in [0.717, 1.165) is 10.2 Å². The summed E-state index contributed by atoms with van der Waals surface area (Å²) >= 11 is 3.53. The molecule has 0 amide bonds. The minimum absolute atomic E-state index is 0.492. The molecule has 0 aliphatic heterocycles. The van der Waals surface area contributed by atoms with Crippen LogP contribution in [-0.4, -0.2) is 15.2 Å². The number of aromatic nitrogens is 3. The lowest BCUT2D eigenvalue weighted by Crippen LogP contribution is -2.06. The van der Waals surface area contributed by atoms with Crippen molar-refractivity contribution in [2.45, 2.75) is 20.4 Å². The number of hydrogen-bond donors (Lipinski definition) is 2. The molecule has 0 bridgehead atoms. The zero-order valence-corrected chi connectivity index (χ0v) is 15.1. The Balaban J connectivity index is 1.67. The van der Waals surface area contributed by atoms with Crippen LogP contribution in [0.1, 0.15) is 16.7 Å².